The Kier molecular flexibility index (Phi) is 6.38. The lowest BCUT2D eigenvalue weighted by Crippen LogP contribution is -2.15. The summed E-state index contributed by atoms with van der Waals surface area (Å²) < 4.78 is 0.735. The predicted octanol–water partition coefficient (Wildman–Crippen LogP) is 6.16. The number of carbonyl (C=O) groups excluding carboxylic acids is 3. The van der Waals surface area contributed by atoms with Crippen molar-refractivity contribution in [3.63, 3.8) is 0 Å². The molecule has 0 spiro atoms. The molecule has 0 heterocycles. The van der Waals surface area contributed by atoms with Crippen molar-refractivity contribution in [3.8, 4) is 0 Å². The van der Waals surface area contributed by atoms with Crippen molar-refractivity contribution in [1.82, 2.24) is 0 Å². The van der Waals surface area contributed by atoms with Crippen LogP contribution in [0.4, 0.5) is 5.69 Å². The van der Waals surface area contributed by atoms with E-state index in [1.54, 1.807) is 78.9 Å². The first kappa shape index (κ1) is 21.4. The third-order valence-electron chi connectivity index (χ3n) is 4.96. The maximum atomic E-state index is 13.0. The molecule has 0 unspecified atom stereocenters. The van der Waals surface area contributed by atoms with Gasteiger partial charge in [-0.3, -0.25) is 14.4 Å². The fourth-order valence-electron chi connectivity index (χ4n) is 3.28. The molecule has 1 amide bonds. The van der Waals surface area contributed by atoms with Gasteiger partial charge in [0.2, 0.25) is 0 Å². The zero-order valence-corrected chi connectivity index (χ0v) is 18.5. The second-order valence-corrected chi connectivity index (χ2v) is 8.03. The largest absolute Gasteiger partial charge is 0.321 e. The lowest BCUT2D eigenvalue weighted by Gasteiger charge is -2.12. The number of hydrogen-bond donors (Lipinski definition) is 1. The van der Waals surface area contributed by atoms with E-state index in [0.29, 0.717) is 33.5 Å². The van der Waals surface area contributed by atoms with Crippen LogP contribution in [-0.2, 0) is 0 Å². The molecule has 4 nitrogen and oxygen atoms in total. The van der Waals surface area contributed by atoms with Gasteiger partial charge in [0, 0.05) is 32.3 Å². The summed E-state index contributed by atoms with van der Waals surface area (Å²) in [5, 5.41) is 2.82. The van der Waals surface area contributed by atoms with Crippen LogP contribution >= 0.6 is 15.9 Å². The van der Waals surface area contributed by atoms with Gasteiger partial charge in [-0.1, -0.05) is 88.7 Å². The molecule has 4 aromatic carbocycles. The Bertz CT molecular complexity index is 1280. The summed E-state index contributed by atoms with van der Waals surface area (Å²) >= 11 is 3.39. The van der Waals surface area contributed by atoms with Crippen molar-refractivity contribution in [2.75, 3.05) is 5.32 Å². The summed E-state index contributed by atoms with van der Waals surface area (Å²) in [5.41, 5.74) is 2.80. The molecule has 0 aliphatic heterocycles. The highest BCUT2D eigenvalue weighted by molar-refractivity contribution is 9.10. The minimum atomic E-state index is -0.367. The molecule has 0 radical (unpaired) electrons. The van der Waals surface area contributed by atoms with Crippen LogP contribution in [-0.4, -0.2) is 17.5 Å². The van der Waals surface area contributed by atoms with Gasteiger partial charge in [0.25, 0.3) is 5.91 Å². The molecule has 0 aliphatic carbocycles. The molecule has 5 heteroatoms. The Hall–Kier alpha value is -3.83. The van der Waals surface area contributed by atoms with Crippen LogP contribution in [0.25, 0.3) is 0 Å². The number of halogens is 1. The molecule has 156 valence electrons. The number of hydrogen-bond acceptors (Lipinski definition) is 3. The number of benzene rings is 4. The minimum Gasteiger partial charge on any atom is -0.321 e. The summed E-state index contributed by atoms with van der Waals surface area (Å²) in [6, 6.07) is 29.5. The smallest absolute Gasteiger partial charge is 0.255 e. The molecule has 0 saturated carbocycles. The molecule has 0 bridgehead atoms. The highest BCUT2D eigenvalue weighted by Gasteiger charge is 2.17. The lowest BCUT2D eigenvalue weighted by atomic mass is 10.0. The molecule has 0 fully saturated rings. The maximum absolute atomic E-state index is 13.0. The predicted molar refractivity (Wildman–Crippen MR) is 128 cm³/mol. The normalized spacial score (nSPS) is 10.4. The van der Waals surface area contributed by atoms with E-state index in [1.165, 1.54) is 0 Å². The Balaban J connectivity index is 1.56. The van der Waals surface area contributed by atoms with E-state index in [4.69, 9.17) is 0 Å². The standard InChI is InChI=1S/C27H18BrNO3/c28-22-15-16-24(23(17-22)26(31)19-9-5-2-6-10-19)29-27(32)21-13-11-20(12-14-21)25(30)18-7-3-1-4-8-18/h1-17H,(H,29,32). The van der Waals surface area contributed by atoms with Crippen LogP contribution in [0.3, 0.4) is 0 Å². The van der Waals surface area contributed by atoms with Gasteiger partial charge in [-0.15, -0.1) is 0 Å². The number of rotatable bonds is 6. The lowest BCUT2D eigenvalue weighted by molar-refractivity contribution is 0.101. The first-order valence-corrected chi connectivity index (χ1v) is 10.7. The topological polar surface area (TPSA) is 63.2 Å². The minimum absolute atomic E-state index is 0.110. The summed E-state index contributed by atoms with van der Waals surface area (Å²) in [7, 11) is 0. The first-order valence-electron chi connectivity index (χ1n) is 9.93. The van der Waals surface area contributed by atoms with E-state index in [2.05, 4.69) is 21.2 Å². The molecule has 0 aliphatic rings. The Morgan fingerprint density at radius 2 is 1.06 bits per heavy atom. The summed E-state index contributed by atoms with van der Waals surface area (Å²) in [6.07, 6.45) is 0. The molecule has 0 aromatic heterocycles. The van der Waals surface area contributed by atoms with Crippen molar-refractivity contribution < 1.29 is 14.4 Å². The van der Waals surface area contributed by atoms with Gasteiger partial charge >= 0.3 is 0 Å². The Morgan fingerprint density at radius 1 is 0.562 bits per heavy atom. The van der Waals surface area contributed by atoms with E-state index in [0.717, 1.165) is 4.47 Å². The molecular weight excluding hydrogens is 466 g/mol. The highest BCUT2D eigenvalue weighted by atomic mass is 79.9. The fraction of sp³-hybridized carbons (Fsp3) is 0. The van der Waals surface area contributed by atoms with Gasteiger partial charge in [0.1, 0.15) is 0 Å². The van der Waals surface area contributed by atoms with E-state index in [1.807, 2.05) is 24.3 Å². The fourth-order valence-corrected chi connectivity index (χ4v) is 3.64. The molecule has 4 rings (SSSR count). The van der Waals surface area contributed by atoms with Gasteiger partial charge in [-0.25, -0.2) is 0 Å². The number of carbonyl (C=O) groups is 3. The quantitative estimate of drug-likeness (QED) is 0.333. The zero-order valence-electron chi connectivity index (χ0n) is 16.9. The van der Waals surface area contributed by atoms with Gasteiger partial charge in [0.15, 0.2) is 11.6 Å². The van der Waals surface area contributed by atoms with Crippen molar-refractivity contribution in [2.45, 2.75) is 0 Å². The van der Waals surface area contributed by atoms with Gasteiger partial charge in [0.05, 0.1) is 5.69 Å². The van der Waals surface area contributed by atoms with Gasteiger partial charge in [-0.05, 0) is 30.3 Å². The van der Waals surface area contributed by atoms with E-state index in [-0.39, 0.29) is 17.5 Å². The number of anilines is 1. The molecule has 0 saturated heterocycles. The van der Waals surface area contributed by atoms with Crippen molar-refractivity contribution in [3.05, 3.63) is 135 Å². The Morgan fingerprint density at radius 3 is 1.66 bits per heavy atom. The van der Waals surface area contributed by atoms with E-state index < -0.39 is 0 Å². The molecule has 32 heavy (non-hydrogen) atoms. The molecular formula is C27H18BrNO3. The van der Waals surface area contributed by atoms with Gasteiger partial charge in [-0.2, -0.15) is 0 Å². The third kappa shape index (κ3) is 4.74. The number of amides is 1. The maximum Gasteiger partial charge on any atom is 0.255 e. The number of ketones is 2. The summed E-state index contributed by atoms with van der Waals surface area (Å²) in [6.45, 7) is 0. The average Bonchev–Trinajstić information content (AvgIpc) is 2.85. The van der Waals surface area contributed by atoms with Crippen LogP contribution in [0.15, 0.2) is 108 Å². The first-order chi connectivity index (χ1) is 15.5. The van der Waals surface area contributed by atoms with E-state index >= 15 is 0 Å². The molecule has 0 atom stereocenters. The second kappa shape index (κ2) is 9.54. The average molecular weight is 484 g/mol. The van der Waals surface area contributed by atoms with Crippen LogP contribution < -0.4 is 5.32 Å². The molecule has 4 aromatic rings. The van der Waals surface area contributed by atoms with Gasteiger partial charge < -0.3 is 5.32 Å². The Labute approximate surface area is 194 Å². The van der Waals surface area contributed by atoms with Crippen molar-refractivity contribution in [2.24, 2.45) is 0 Å². The van der Waals surface area contributed by atoms with Crippen molar-refractivity contribution in [1.29, 1.82) is 0 Å². The van der Waals surface area contributed by atoms with Crippen LogP contribution in [0.5, 0.6) is 0 Å². The van der Waals surface area contributed by atoms with E-state index in [9.17, 15) is 14.4 Å². The second-order valence-electron chi connectivity index (χ2n) is 7.11. The third-order valence-corrected chi connectivity index (χ3v) is 5.45. The SMILES string of the molecule is O=C(Nc1ccc(Br)cc1C(=O)c1ccccc1)c1ccc(C(=O)c2ccccc2)cc1. The molecule has 1 N–H and O–H groups in total. The van der Waals surface area contributed by atoms with Crippen LogP contribution in [0.2, 0.25) is 0 Å². The van der Waals surface area contributed by atoms with Crippen molar-refractivity contribution >= 4 is 39.1 Å². The van der Waals surface area contributed by atoms with Crippen LogP contribution in [0, 0.1) is 0 Å². The number of nitrogens with one attached hydrogen (secondary N) is 1. The summed E-state index contributed by atoms with van der Waals surface area (Å²) in [5.74, 6) is -0.666. The monoisotopic (exact) mass is 483 g/mol. The summed E-state index contributed by atoms with van der Waals surface area (Å²) in [4.78, 5) is 38.4. The van der Waals surface area contributed by atoms with Crippen LogP contribution in [0.1, 0.15) is 42.2 Å². The zero-order chi connectivity index (χ0) is 22.5. The highest BCUT2D eigenvalue weighted by Crippen LogP contribution is 2.25.